The first-order valence-corrected chi connectivity index (χ1v) is 7.08. The van der Waals surface area contributed by atoms with Crippen molar-refractivity contribution in [1.29, 1.82) is 0 Å². The second kappa shape index (κ2) is 6.96. The summed E-state index contributed by atoms with van der Waals surface area (Å²) in [5.41, 5.74) is -2.50. The molecule has 9 heteroatoms. The molecule has 25 heavy (non-hydrogen) atoms. The molecule has 0 saturated heterocycles. The summed E-state index contributed by atoms with van der Waals surface area (Å²) in [5.74, 6) is -1.48. The Hall–Kier alpha value is -2.84. The van der Waals surface area contributed by atoms with Gasteiger partial charge in [0.1, 0.15) is 11.3 Å². The summed E-state index contributed by atoms with van der Waals surface area (Å²) in [6.45, 7) is 1.54. The van der Waals surface area contributed by atoms with Crippen LogP contribution in [0.15, 0.2) is 35.1 Å². The van der Waals surface area contributed by atoms with Gasteiger partial charge >= 0.3 is 6.18 Å². The summed E-state index contributed by atoms with van der Waals surface area (Å²) in [7, 11) is 1.31. The molecular formula is C16H14F4N2O3. The van der Waals surface area contributed by atoms with Gasteiger partial charge in [-0.2, -0.15) is 13.2 Å². The van der Waals surface area contributed by atoms with Crippen molar-refractivity contribution >= 4 is 5.91 Å². The number of carbonyl (C=O) groups excluding carboxylic acids is 1. The fourth-order valence-electron chi connectivity index (χ4n) is 2.13. The lowest BCUT2D eigenvalue weighted by Gasteiger charge is -2.15. The van der Waals surface area contributed by atoms with Crippen LogP contribution < -0.4 is 15.6 Å². The van der Waals surface area contributed by atoms with Crippen LogP contribution in [0.1, 0.15) is 34.6 Å². The van der Waals surface area contributed by atoms with Crippen molar-refractivity contribution in [3.05, 3.63) is 63.3 Å². The molecule has 1 heterocycles. The van der Waals surface area contributed by atoms with Gasteiger partial charge in [-0.25, -0.2) is 4.39 Å². The maximum absolute atomic E-state index is 13.7. The van der Waals surface area contributed by atoms with Gasteiger partial charge in [-0.1, -0.05) is 6.07 Å². The fraction of sp³-hybridized carbons (Fsp3) is 0.250. The van der Waals surface area contributed by atoms with Crippen LogP contribution in [0.4, 0.5) is 17.6 Å². The van der Waals surface area contributed by atoms with E-state index in [1.807, 2.05) is 0 Å². The molecule has 0 saturated carbocycles. The zero-order valence-electron chi connectivity index (χ0n) is 13.2. The number of pyridine rings is 1. The molecule has 0 unspecified atom stereocenters. The van der Waals surface area contributed by atoms with E-state index in [0.717, 1.165) is 12.1 Å². The maximum Gasteiger partial charge on any atom is 0.431 e. The predicted octanol–water partition coefficient (Wildman–Crippen LogP) is 3.03. The van der Waals surface area contributed by atoms with Crippen molar-refractivity contribution in [3.63, 3.8) is 0 Å². The van der Waals surface area contributed by atoms with Crippen molar-refractivity contribution in [2.24, 2.45) is 0 Å². The largest absolute Gasteiger partial charge is 0.494 e. The number of H-pyrrole nitrogens is 1. The third-order valence-electron chi connectivity index (χ3n) is 3.48. The van der Waals surface area contributed by atoms with Gasteiger partial charge in [-0.3, -0.25) is 9.59 Å². The van der Waals surface area contributed by atoms with Crippen LogP contribution in [-0.2, 0) is 6.18 Å². The molecular weight excluding hydrogens is 344 g/mol. The van der Waals surface area contributed by atoms with E-state index in [0.29, 0.717) is 11.6 Å². The van der Waals surface area contributed by atoms with Crippen LogP contribution in [0.25, 0.3) is 0 Å². The quantitative estimate of drug-likeness (QED) is 0.826. The lowest BCUT2D eigenvalue weighted by molar-refractivity contribution is -0.141. The molecule has 0 aliphatic carbocycles. The second-order valence-electron chi connectivity index (χ2n) is 5.20. The minimum Gasteiger partial charge on any atom is -0.494 e. The molecule has 0 fully saturated rings. The molecule has 1 aromatic heterocycles. The van der Waals surface area contributed by atoms with Crippen molar-refractivity contribution in [2.75, 3.05) is 7.11 Å². The molecule has 2 rings (SSSR count). The van der Waals surface area contributed by atoms with Gasteiger partial charge in [0, 0.05) is 0 Å². The topological polar surface area (TPSA) is 71.2 Å². The van der Waals surface area contributed by atoms with Gasteiger partial charge in [0.25, 0.3) is 11.5 Å². The van der Waals surface area contributed by atoms with Gasteiger partial charge < -0.3 is 15.0 Å². The average molecular weight is 358 g/mol. The SMILES string of the molecule is COc1ccc([C@@H](C)NC(=O)c2ccc(C(F)(F)F)[nH]c2=O)cc1F. The summed E-state index contributed by atoms with van der Waals surface area (Å²) in [6, 6.07) is 4.75. The predicted molar refractivity (Wildman–Crippen MR) is 80.9 cm³/mol. The molecule has 1 atom stereocenters. The van der Waals surface area contributed by atoms with Gasteiger partial charge in [-0.15, -0.1) is 0 Å². The number of halogens is 4. The van der Waals surface area contributed by atoms with Crippen molar-refractivity contribution in [2.45, 2.75) is 19.1 Å². The highest BCUT2D eigenvalue weighted by molar-refractivity contribution is 5.94. The average Bonchev–Trinajstić information content (AvgIpc) is 2.53. The van der Waals surface area contributed by atoms with Crippen molar-refractivity contribution < 1.29 is 27.1 Å². The zero-order chi connectivity index (χ0) is 18.8. The van der Waals surface area contributed by atoms with Crippen LogP contribution in [0.3, 0.4) is 0 Å². The van der Waals surface area contributed by atoms with E-state index in [1.165, 1.54) is 26.2 Å². The normalized spacial score (nSPS) is 12.6. The van der Waals surface area contributed by atoms with Crippen molar-refractivity contribution in [3.8, 4) is 5.75 Å². The first-order valence-electron chi connectivity index (χ1n) is 7.08. The van der Waals surface area contributed by atoms with Gasteiger partial charge in [-0.05, 0) is 36.8 Å². The third-order valence-corrected chi connectivity index (χ3v) is 3.48. The number of hydrogen-bond acceptors (Lipinski definition) is 3. The van der Waals surface area contributed by atoms with Crippen molar-refractivity contribution in [1.82, 2.24) is 10.3 Å². The van der Waals surface area contributed by atoms with E-state index in [-0.39, 0.29) is 5.75 Å². The first-order chi connectivity index (χ1) is 11.6. The number of methoxy groups -OCH3 is 1. The Morgan fingerprint density at radius 2 is 1.92 bits per heavy atom. The molecule has 0 spiro atoms. The molecule has 5 nitrogen and oxygen atoms in total. The monoisotopic (exact) mass is 358 g/mol. The Labute approximate surface area is 139 Å². The van der Waals surface area contributed by atoms with Crippen LogP contribution in [-0.4, -0.2) is 18.0 Å². The summed E-state index contributed by atoms with van der Waals surface area (Å²) in [4.78, 5) is 25.4. The van der Waals surface area contributed by atoms with E-state index >= 15 is 0 Å². The standard InChI is InChI=1S/C16H14F4N2O3/c1-8(9-3-5-12(25-2)11(17)7-9)21-14(23)10-4-6-13(16(18,19)20)22-15(10)24/h3-8H,1-2H3,(H,21,23)(H,22,24)/t8-/m1/s1. The molecule has 134 valence electrons. The number of aromatic nitrogens is 1. The summed E-state index contributed by atoms with van der Waals surface area (Å²) in [5, 5.41) is 2.43. The Balaban J connectivity index is 2.19. The van der Waals surface area contributed by atoms with E-state index < -0.39 is 40.8 Å². The Morgan fingerprint density at radius 1 is 1.24 bits per heavy atom. The van der Waals surface area contributed by atoms with Gasteiger partial charge in [0.2, 0.25) is 0 Å². The Kier molecular flexibility index (Phi) is 5.15. The number of rotatable bonds is 4. The summed E-state index contributed by atoms with van der Waals surface area (Å²) >= 11 is 0. The first kappa shape index (κ1) is 18.5. The molecule has 0 bridgehead atoms. The third kappa shape index (κ3) is 4.17. The lowest BCUT2D eigenvalue weighted by atomic mass is 10.1. The van der Waals surface area contributed by atoms with Crippen LogP contribution >= 0.6 is 0 Å². The Bertz CT molecular complexity index is 846. The minimum atomic E-state index is -4.72. The molecule has 2 aromatic rings. The number of carbonyl (C=O) groups is 1. The number of hydrogen-bond donors (Lipinski definition) is 2. The highest BCUT2D eigenvalue weighted by atomic mass is 19.4. The smallest absolute Gasteiger partial charge is 0.431 e. The number of alkyl halides is 3. The maximum atomic E-state index is 13.7. The Morgan fingerprint density at radius 3 is 2.44 bits per heavy atom. The zero-order valence-corrected chi connectivity index (χ0v) is 13.2. The van der Waals surface area contributed by atoms with E-state index in [1.54, 1.807) is 4.98 Å². The molecule has 0 radical (unpaired) electrons. The number of ether oxygens (including phenoxy) is 1. The summed E-state index contributed by atoms with van der Waals surface area (Å²) < 4.78 is 56.0. The van der Waals surface area contributed by atoms with Crippen LogP contribution in [0.2, 0.25) is 0 Å². The number of nitrogens with one attached hydrogen (secondary N) is 2. The minimum absolute atomic E-state index is 0.0291. The fourth-order valence-corrected chi connectivity index (χ4v) is 2.13. The molecule has 2 N–H and O–H groups in total. The number of aromatic amines is 1. The lowest BCUT2D eigenvalue weighted by Crippen LogP contribution is -2.32. The summed E-state index contributed by atoms with van der Waals surface area (Å²) in [6.07, 6.45) is -4.72. The van der Waals surface area contributed by atoms with E-state index in [2.05, 4.69) is 5.32 Å². The molecule has 1 amide bonds. The number of amides is 1. The second-order valence-corrected chi connectivity index (χ2v) is 5.20. The van der Waals surface area contributed by atoms with Crippen LogP contribution in [0.5, 0.6) is 5.75 Å². The van der Waals surface area contributed by atoms with Gasteiger partial charge in [0.05, 0.1) is 13.2 Å². The van der Waals surface area contributed by atoms with E-state index in [9.17, 15) is 27.2 Å². The van der Waals surface area contributed by atoms with Gasteiger partial charge in [0.15, 0.2) is 11.6 Å². The molecule has 1 aromatic carbocycles. The highest BCUT2D eigenvalue weighted by Crippen LogP contribution is 2.26. The highest BCUT2D eigenvalue weighted by Gasteiger charge is 2.32. The molecule has 0 aliphatic heterocycles. The number of benzene rings is 1. The molecule has 0 aliphatic rings. The van der Waals surface area contributed by atoms with Crippen LogP contribution in [0, 0.1) is 5.82 Å². The van der Waals surface area contributed by atoms with E-state index in [4.69, 9.17) is 4.74 Å².